The summed E-state index contributed by atoms with van der Waals surface area (Å²) in [7, 11) is 0. The molecule has 0 aromatic carbocycles. The lowest BCUT2D eigenvalue weighted by Gasteiger charge is -2.18. The number of fused-ring (bicyclic) bond motifs is 1. The van der Waals surface area contributed by atoms with E-state index in [1.807, 2.05) is 12.2 Å². The first-order valence-corrected chi connectivity index (χ1v) is 3.84. The summed E-state index contributed by atoms with van der Waals surface area (Å²) >= 11 is 0. The molecule has 1 fully saturated rings. The molecule has 1 heterocycles. The third-order valence-corrected chi connectivity index (χ3v) is 2.31. The smallest absolute Gasteiger partial charge is 0.336 e. The molecule has 3 atom stereocenters. The van der Waals surface area contributed by atoms with Crippen molar-refractivity contribution < 1.29 is 14.6 Å². The molecule has 0 aromatic rings. The molecule has 3 heteroatoms. The number of carbonyl (C=O) groups is 1. The van der Waals surface area contributed by atoms with Gasteiger partial charge in [0.05, 0.1) is 0 Å². The van der Waals surface area contributed by atoms with Gasteiger partial charge in [-0.15, -0.1) is 0 Å². The average molecular weight is 154 g/mol. The summed E-state index contributed by atoms with van der Waals surface area (Å²) in [6.45, 7) is 0. The van der Waals surface area contributed by atoms with Gasteiger partial charge in [-0.3, -0.25) is 0 Å². The largest absolute Gasteiger partial charge is 0.456 e. The standard InChI is InChI=1S/C8H10O3/c9-7-5-3-1-2-4-6(5)11-8(7)10/h2,4-7,9H,1,3H2/t5-,6+,7?/m0/s1. The zero-order valence-electron chi connectivity index (χ0n) is 6.06. The third kappa shape index (κ3) is 0.959. The van der Waals surface area contributed by atoms with Crippen LogP contribution in [-0.2, 0) is 9.53 Å². The van der Waals surface area contributed by atoms with E-state index in [4.69, 9.17) is 4.74 Å². The average Bonchev–Trinajstić information content (AvgIpc) is 2.30. The molecule has 1 saturated heterocycles. The summed E-state index contributed by atoms with van der Waals surface area (Å²) < 4.78 is 4.90. The molecule has 1 N–H and O–H groups in total. The molecule has 0 bridgehead atoms. The predicted octanol–water partition coefficient (Wildman–Crippen LogP) is 0.239. The van der Waals surface area contributed by atoms with E-state index in [2.05, 4.69) is 0 Å². The Hall–Kier alpha value is -0.830. The number of aliphatic hydroxyl groups is 1. The number of hydrogen-bond acceptors (Lipinski definition) is 3. The van der Waals surface area contributed by atoms with Crippen molar-refractivity contribution in [1.82, 2.24) is 0 Å². The number of esters is 1. The lowest BCUT2D eigenvalue weighted by molar-refractivity contribution is -0.146. The second-order valence-electron chi connectivity index (χ2n) is 3.02. The number of allylic oxidation sites excluding steroid dienone is 1. The zero-order chi connectivity index (χ0) is 7.84. The maximum absolute atomic E-state index is 10.8. The first-order valence-electron chi connectivity index (χ1n) is 3.84. The molecular weight excluding hydrogens is 144 g/mol. The van der Waals surface area contributed by atoms with Gasteiger partial charge in [-0.1, -0.05) is 6.08 Å². The van der Waals surface area contributed by atoms with Crippen molar-refractivity contribution in [1.29, 1.82) is 0 Å². The van der Waals surface area contributed by atoms with Crippen molar-refractivity contribution in [2.24, 2.45) is 5.92 Å². The molecular formula is C8H10O3. The Morgan fingerprint density at radius 1 is 1.64 bits per heavy atom. The minimum absolute atomic E-state index is 0.00694. The van der Waals surface area contributed by atoms with Gasteiger partial charge < -0.3 is 9.84 Å². The molecule has 3 nitrogen and oxygen atoms in total. The number of ether oxygens (including phenoxy) is 1. The van der Waals surface area contributed by atoms with Gasteiger partial charge in [0, 0.05) is 5.92 Å². The highest BCUT2D eigenvalue weighted by atomic mass is 16.6. The molecule has 0 aromatic heterocycles. The van der Waals surface area contributed by atoms with Gasteiger partial charge in [0.25, 0.3) is 0 Å². The molecule has 0 radical (unpaired) electrons. The summed E-state index contributed by atoms with van der Waals surface area (Å²) in [6.07, 6.45) is 4.61. The van der Waals surface area contributed by atoms with Crippen molar-refractivity contribution in [3.8, 4) is 0 Å². The van der Waals surface area contributed by atoms with Gasteiger partial charge in [-0.2, -0.15) is 0 Å². The molecule has 0 amide bonds. The van der Waals surface area contributed by atoms with Gasteiger partial charge in [0.15, 0.2) is 6.10 Å². The van der Waals surface area contributed by atoms with Crippen LogP contribution in [0.15, 0.2) is 12.2 Å². The van der Waals surface area contributed by atoms with Crippen molar-refractivity contribution in [2.75, 3.05) is 0 Å². The zero-order valence-corrected chi connectivity index (χ0v) is 6.06. The van der Waals surface area contributed by atoms with Crippen LogP contribution in [0.25, 0.3) is 0 Å². The van der Waals surface area contributed by atoms with Crippen LogP contribution in [0, 0.1) is 5.92 Å². The normalized spacial score (nSPS) is 41.9. The van der Waals surface area contributed by atoms with Crippen LogP contribution in [0.1, 0.15) is 12.8 Å². The molecule has 60 valence electrons. The SMILES string of the molecule is O=C1O[C@@H]2C=CCC[C@@H]2C1O. The van der Waals surface area contributed by atoms with E-state index < -0.39 is 12.1 Å². The summed E-state index contributed by atoms with van der Waals surface area (Å²) in [4.78, 5) is 10.8. The van der Waals surface area contributed by atoms with E-state index in [0.29, 0.717) is 0 Å². The van der Waals surface area contributed by atoms with Crippen LogP contribution in [0.5, 0.6) is 0 Å². The Kier molecular flexibility index (Phi) is 1.46. The Morgan fingerprint density at radius 3 is 3.18 bits per heavy atom. The Labute approximate surface area is 64.7 Å². The van der Waals surface area contributed by atoms with Crippen molar-refractivity contribution in [2.45, 2.75) is 25.0 Å². The lowest BCUT2D eigenvalue weighted by Crippen LogP contribution is -2.25. The molecule has 2 rings (SSSR count). The molecule has 0 spiro atoms. The fraction of sp³-hybridized carbons (Fsp3) is 0.625. The summed E-state index contributed by atoms with van der Waals surface area (Å²) in [5.74, 6) is -0.459. The van der Waals surface area contributed by atoms with E-state index in [0.717, 1.165) is 12.8 Å². The van der Waals surface area contributed by atoms with Gasteiger partial charge in [-0.05, 0) is 18.9 Å². The quantitative estimate of drug-likeness (QED) is 0.401. The molecule has 11 heavy (non-hydrogen) atoms. The van der Waals surface area contributed by atoms with Crippen LogP contribution >= 0.6 is 0 Å². The van der Waals surface area contributed by atoms with E-state index in [-0.39, 0.29) is 12.0 Å². The van der Waals surface area contributed by atoms with Gasteiger partial charge >= 0.3 is 5.97 Å². The number of hydrogen-bond donors (Lipinski definition) is 1. The van der Waals surface area contributed by atoms with Gasteiger partial charge in [0.2, 0.25) is 0 Å². The first-order chi connectivity index (χ1) is 5.29. The van der Waals surface area contributed by atoms with E-state index in [9.17, 15) is 9.90 Å². The van der Waals surface area contributed by atoms with E-state index in [1.54, 1.807) is 0 Å². The highest BCUT2D eigenvalue weighted by molar-refractivity contribution is 5.77. The van der Waals surface area contributed by atoms with Crippen molar-refractivity contribution in [3.63, 3.8) is 0 Å². The highest BCUT2D eigenvalue weighted by Crippen LogP contribution is 2.30. The highest BCUT2D eigenvalue weighted by Gasteiger charge is 2.42. The fourth-order valence-electron chi connectivity index (χ4n) is 1.67. The third-order valence-electron chi connectivity index (χ3n) is 2.31. The van der Waals surface area contributed by atoms with Crippen LogP contribution in [0.4, 0.5) is 0 Å². The second-order valence-corrected chi connectivity index (χ2v) is 3.02. The van der Waals surface area contributed by atoms with Gasteiger partial charge in [0.1, 0.15) is 6.10 Å². The maximum Gasteiger partial charge on any atom is 0.336 e. The number of carbonyl (C=O) groups excluding carboxylic acids is 1. The second kappa shape index (κ2) is 2.34. The van der Waals surface area contributed by atoms with Crippen LogP contribution in [0.2, 0.25) is 0 Å². The fourth-order valence-corrected chi connectivity index (χ4v) is 1.67. The summed E-state index contributed by atoms with van der Waals surface area (Å²) in [5.41, 5.74) is 0. The Bertz CT molecular complexity index is 209. The van der Waals surface area contributed by atoms with E-state index in [1.165, 1.54) is 0 Å². The monoisotopic (exact) mass is 154 g/mol. The number of rotatable bonds is 0. The molecule has 1 unspecified atom stereocenters. The maximum atomic E-state index is 10.8. The molecule has 2 aliphatic rings. The summed E-state index contributed by atoms with van der Waals surface area (Å²) in [5, 5.41) is 9.28. The first kappa shape index (κ1) is 6.85. The minimum Gasteiger partial charge on any atom is -0.456 e. The van der Waals surface area contributed by atoms with Crippen LogP contribution in [0.3, 0.4) is 0 Å². The number of aliphatic hydroxyl groups excluding tert-OH is 1. The van der Waals surface area contributed by atoms with Crippen LogP contribution < -0.4 is 0 Å². The minimum atomic E-state index is -0.884. The molecule has 1 aliphatic heterocycles. The van der Waals surface area contributed by atoms with Crippen molar-refractivity contribution >= 4 is 5.97 Å². The molecule has 0 saturated carbocycles. The van der Waals surface area contributed by atoms with Crippen molar-refractivity contribution in [3.05, 3.63) is 12.2 Å². The summed E-state index contributed by atoms with van der Waals surface area (Å²) in [6, 6.07) is 0. The van der Waals surface area contributed by atoms with E-state index >= 15 is 0 Å². The molecule has 1 aliphatic carbocycles. The van der Waals surface area contributed by atoms with Gasteiger partial charge in [-0.25, -0.2) is 4.79 Å². The Balaban J connectivity index is 2.21. The Morgan fingerprint density at radius 2 is 2.45 bits per heavy atom. The predicted molar refractivity (Wildman–Crippen MR) is 37.8 cm³/mol. The topological polar surface area (TPSA) is 46.5 Å². The van der Waals surface area contributed by atoms with Crippen LogP contribution in [-0.4, -0.2) is 23.3 Å². The lowest BCUT2D eigenvalue weighted by atomic mass is 9.89.